The molecule has 24 heavy (non-hydrogen) atoms. The van der Waals surface area contributed by atoms with E-state index in [0.29, 0.717) is 37.9 Å². The van der Waals surface area contributed by atoms with Crippen LogP contribution in [0.25, 0.3) is 0 Å². The minimum atomic E-state index is -0.321. The van der Waals surface area contributed by atoms with E-state index in [4.69, 9.17) is 18.9 Å². The number of benzene rings is 2. The lowest BCUT2D eigenvalue weighted by Gasteiger charge is -2.17. The summed E-state index contributed by atoms with van der Waals surface area (Å²) in [6.45, 7) is 2.12. The Hall–Kier alpha value is -2.28. The zero-order valence-electron chi connectivity index (χ0n) is 13.7. The average molecular weight is 330 g/mol. The van der Waals surface area contributed by atoms with Crippen molar-refractivity contribution in [2.45, 2.75) is 12.8 Å². The summed E-state index contributed by atoms with van der Waals surface area (Å²) in [5.74, 6) is 1.38. The van der Waals surface area contributed by atoms with Gasteiger partial charge in [-0.2, -0.15) is 0 Å². The molecule has 6 heteroatoms. The van der Waals surface area contributed by atoms with Gasteiger partial charge in [0, 0.05) is 17.8 Å². The Bertz CT molecular complexity index is 630. The van der Waals surface area contributed by atoms with Crippen LogP contribution in [-0.4, -0.2) is 33.2 Å². The molecule has 1 heterocycles. The maximum Gasteiger partial charge on any atom is 0.191 e. The summed E-state index contributed by atoms with van der Waals surface area (Å²) in [5.41, 5.74) is 8.33. The minimum Gasteiger partial charge on any atom is -0.493 e. The highest BCUT2D eigenvalue weighted by Gasteiger charge is 2.19. The van der Waals surface area contributed by atoms with E-state index >= 15 is 0 Å². The summed E-state index contributed by atoms with van der Waals surface area (Å²) < 4.78 is 22.1. The standard InChI is InChI=1S/C18H22N2O4/c1-21-16-9-5-6-14(12-19-20-15-7-3-2-4-8-15)18(16)24-13-17-22-10-11-23-17/h2-9,17,19-20H,10-13H2,1H3. The van der Waals surface area contributed by atoms with Crippen LogP contribution in [0.1, 0.15) is 5.56 Å². The molecule has 0 atom stereocenters. The van der Waals surface area contributed by atoms with Crippen molar-refractivity contribution in [3.63, 3.8) is 0 Å². The Morgan fingerprint density at radius 1 is 1.04 bits per heavy atom. The molecule has 2 aromatic rings. The molecule has 2 aromatic carbocycles. The summed E-state index contributed by atoms with van der Waals surface area (Å²) in [6.07, 6.45) is -0.321. The van der Waals surface area contributed by atoms with E-state index in [9.17, 15) is 0 Å². The number of hydrogen-bond acceptors (Lipinski definition) is 6. The van der Waals surface area contributed by atoms with Crippen molar-refractivity contribution < 1.29 is 18.9 Å². The van der Waals surface area contributed by atoms with Crippen molar-refractivity contribution in [2.75, 3.05) is 32.4 Å². The molecule has 0 amide bonds. The third kappa shape index (κ3) is 4.38. The predicted octanol–water partition coefficient (Wildman–Crippen LogP) is 2.56. The molecular weight excluding hydrogens is 308 g/mol. The van der Waals surface area contributed by atoms with Gasteiger partial charge in [-0.3, -0.25) is 0 Å². The first-order valence-corrected chi connectivity index (χ1v) is 7.92. The molecule has 2 N–H and O–H groups in total. The second-order valence-electron chi connectivity index (χ2n) is 5.28. The van der Waals surface area contributed by atoms with Crippen LogP contribution in [-0.2, 0) is 16.0 Å². The van der Waals surface area contributed by atoms with Gasteiger partial charge in [-0.1, -0.05) is 30.3 Å². The van der Waals surface area contributed by atoms with Crippen molar-refractivity contribution in [3.8, 4) is 11.5 Å². The zero-order chi connectivity index (χ0) is 16.6. The Morgan fingerprint density at radius 2 is 1.83 bits per heavy atom. The molecule has 1 aliphatic rings. The molecule has 0 bridgehead atoms. The Labute approximate surface area is 141 Å². The van der Waals surface area contributed by atoms with Crippen molar-refractivity contribution in [2.24, 2.45) is 0 Å². The zero-order valence-corrected chi connectivity index (χ0v) is 13.7. The second-order valence-corrected chi connectivity index (χ2v) is 5.28. The minimum absolute atomic E-state index is 0.321. The first kappa shape index (κ1) is 16.6. The number of ether oxygens (including phenoxy) is 4. The van der Waals surface area contributed by atoms with Gasteiger partial charge in [-0.25, -0.2) is 5.43 Å². The molecule has 0 saturated carbocycles. The summed E-state index contributed by atoms with van der Waals surface area (Å²) in [4.78, 5) is 0. The van der Waals surface area contributed by atoms with E-state index in [1.165, 1.54) is 0 Å². The van der Waals surface area contributed by atoms with Crippen molar-refractivity contribution in [1.82, 2.24) is 5.43 Å². The summed E-state index contributed by atoms with van der Waals surface area (Å²) >= 11 is 0. The predicted molar refractivity (Wildman–Crippen MR) is 91.1 cm³/mol. The Morgan fingerprint density at radius 3 is 2.58 bits per heavy atom. The molecule has 0 spiro atoms. The lowest BCUT2D eigenvalue weighted by Crippen LogP contribution is -2.23. The largest absolute Gasteiger partial charge is 0.493 e. The van der Waals surface area contributed by atoms with Gasteiger partial charge in [-0.15, -0.1) is 0 Å². The topological polar surface area (TPSA) is 61.0 Å². The van der Waals surface area contributed by atoms with Crippen molar-refractivity contribution in [3.05, 3.63) is 54.1 Å². The van der Waals surface area contributed by atoms with E-state index < -0.39 is 0 Å². The van der Waals surface area contributed by atoms with Gasteiger partial charge < -0.3 is 24.4 Å². The molecule has 128 valence electrons. The molecule has 6 nitrogen and oxygen atoms in total. The quantitative estimate of drug-likeness (QED) is 0.726. The fraction of sp³-hybridized carbons (Fsp3) is 0.333. The summed E-state index contributed by atoms with van der Waals surface area (Å²) in [6, 6.07) is 15.7. The Kier molecular flexibility index (Phi) is 5.90. The number of rotatable bonds is 8. The molecule has 0 radical (unpaired) electrons. The average Bonchev–Trinajstić information content (AvgIpc) is 3.15. The first-order valence-electron chi connectivity index (χ1n) is 7.92. The monoisotopic (exact) mass is 330 g/mol. The van der Waals surface area contributed by atoms with Crippen molar-refractivity contribution >= 4 is 5.69 Å². The third-order valence-electron chi connectivity index (χ3n) is 3.62. The molecule has 0 aromatic heterocycles. The number of anilines is 1. The van der Waals surface area contributed by atoms with E-state index in [0.717, 1.165) is 11.3 Å². The number of para-hydroxylation sites is 2. The molecule has 1 saturated heterocycles. The number of hydrazine groups is 1. The smallest absolute Gasteiger partial charge is 0.191 e. The molecule has 0 unspecified atom stereocenters. The normalized spacial score (nSPS) is 14.5. The van der Waals surface area contributed by atoms with Gasteiger partial charge in [-0.05, 0) is 18.2 Å². The van der Waals surface area contributed by atoms with E-state index in [-0.39, 0.29) is 6.29 Å². The number of nitrogens with one attached hydrogen (secondary N) is 2. The lowest BCUT2D eigenvalue weighted by molar-refractivity contribution is -0.0688. The Balaban J connectivity index is 1.62. The number of hydrogen-bond donors (Lipinski definition) is 2. The summed E-state index contributed by atoms with van der Waals surface area (Å²) in [5, 5.41) is 0. The fourth-order valence-electron chi connectivity index (χ4n) is 2.44. The van der Waals surface area contributed by atoms with Gasteiger partial charge in [0.2, 0.25) is 0 Å². The molecular formula is C18H22N2O4. The van der Waals surface area contributed by atoms with Crippen LogP contribution in [0.5, 0.6) is 11.5 Å². The van der Waals surface area contributed by atoms with Crippen LogP contribution in [0.3, 0.4) is 0 Å². The molecule has 1 fully saturated rings. The molecule has 3 rings (SSSR count). The van der Waals surface area contributed by atoms with E-state index in [1.807, 2.05) is 48.5 Å². The van der Waals surface area contributed by atoms with Gasteiger partial charge >= 0.3 is 0 Å². The van der Waals surface area contributed by atoms with Gasteiger partial charge in [0.05, 0.1) is 20.3 Å². The van der Waals surface area contributed by atoms with Gasteiger partial charge in [0.15, 0.2) is 17.8 Å². The molecule has 1 aliphatic heterocycles. The maximum atomic E-state index is 5.90. The summed E-state index contributed by atoms with van der Waals surface area (Å²) in [7, 11) is 1.63. The van der Waals surface area contributed by atoms with Crippen molar-refractivity contribution in [1.29, 1.82) is 0 Å². The maximum absolute atomic E-state index is 5.90. The highest BCUT2D eigenvalue weighted by molar-refractivity contribution is 5.47. The highest BCUT2D eigenvalue weighted by Crippen LogP contribution is 2.31. The highest BCUT2D eigenvalue weighted by atomic mass is 16.7. The van der Waals surface area contributed by atoms with Gasteiger partial charge in [0.25, 0.3) is 0 Å². The lowest BCUT2D eigenvalue weighted by atomic mass is 10.2. The van der Waals surface area contributed by atoms with Crippen LogP contribution >= 0.6 is 0 Å². The van der Waals surface area contributed by atoms with E-state index in [1.54, 1.807) is 7.11 Å². The van der Waals surface area contributed by atoms with Crippen LogP contribution in [0, 0.1) is 0 Å². The van der Waals surface area contributed by atoms with Crippen LogP contribution in [0.15, 0.2) is 48.5 Å². The SMILES string of the molecule is COc1cccc(CNNc2ccccc2)c1OCC1OCCO1. The van der Waals surface area contributed by atoms with Crippen LogP contribution in [0.4, 0.5) is 5.69 Å². The molecule has 0 aliphatic carbocycles. The third-order valence-corrected chi connectivity index (χ3v) is 3.62. The number of methoxy groups -OCH3 is 1. The van der Waals surface area contributed by atoms with Crippen LogP contribution in [0.2, 0.25) is 0 Å². The first-order chi connectivity index (χ1) is 11.9. The van der Waals surface area contributed by atoms with E-state index in [2.05, 4.69) is 10.9 Å². The fourth-order valence-corrected chi connectivity index (χ4v) is 2.44. The second kappa shape index (κ2) is 8.54. The van der Waals surface area contributed by atoms with Crippen LogP contribution < -0.4 is 20.3 Å². The van der Waals surface area contributed by atoms with Gasteiger partial charge in [0.1, 0.15) is 6.61 Å².